The number of carboxylic acid groups (broad SMARTS) is 1. The van der Waals surface area contributed by atoms with Crippen molar-refractivity contribution in [3.63, 3.8) is 0 Å². The van der Waals surface area contributed by atoms with Crippen molar-refractivity contribution in [2.24, 2.45) is 5.92 Å². The maximum absolute atomic E-state index is 12.5. The molecule has 0 aliphatic carbocycles. The second-order valence-corrected chi connectivity index (χ2v) is 7.90. The molecule has 0 fully saturated rings. The summed E-state index contributed by atoms with van der Waals surface area (Å²) in [6, 6.07) is 4.19. The largest absolute Gasteiger partial charge is 0.478 e. The van der Waals surface area contributed by atoms with Crippen molar-refractivity contribution in [3.8, 4) is 0 Å². The molecule has 0 radical (unpaired) electrons. The van der Waals surface area contributed by atoms with Gasteiger partial charge in [-0.3, -0.25) is 0 Å². The average molecular weight is 411 g/mol. The molecule has 0 spiro atoms. The number of aromatic carboxylic acids is 1. The monoisotopic (exact) mass is 411 g/mol. The highest BCUT2D eigenvalue weighted by molar-refractivity contribution is 14.1. The van der Waals surface area contributed by atoms with Gasteiger partial charge in [-0.15, -0.1) is 0 Å². The standard InChI is InChI=1S/C13H18INO4S/c1-4-15(8-9(2)3)20(18,19)10-5-6-12(14)11(7-10)13(16)17/h5-7,9H,4,8H2,1-3H3,(H,16,17). The van der Waals surface area contributed by atoms with Crippen molar-refractivity contribution in [3.05, 3.63) is 27.3 Å². The zero-order valence-electron chi connectivity index (χ0n) is 11.6. The molecule has 5 nitrogen and oxygen atoms in total. The normalized spacial score (nSPS) is 12.1. The molecule has 0 aliphatic rings. The summed E-state index contributed by atoms with van der Waals surface area (Å²) in [6.45, 7) is 6.41. The van der Waals surface area contributed by atoms with E-state index in [-0.39, 0.29) is 16.4 Å². The summed E-state index contributed by atoms with van der Waals surface area (Å²) in [5.74, 6) is -0.925. The second-order valence-electron chi connectivity index (χ2n) is 4.80. The summed E-state index contributed by atoms with van der Waals surface area (Å²) in [5.41, 5.74) is 0.00674. The molecule has 0 aliphatic heterocycles. The number of sulfonamides is 1. The van der Waals surface area contributed by atoms with Gasteiger partial charge in [-0.2, -0.15) is 4.31 Å². The van der Waals surface area contributed by atoms with Crippen LogP contribution in [0.2, 0.25) is 0 Å². The fourth-order valence-electron chi connectivity index (χ4n) is 1.78. The van der Waals surface area contributed by atoms with Crippen LogP contribution in [0.5, 0.6) is 0 Å². The maximum atomic E-state index is 12.5. The lowest BCUT2D eigenvalue weighted by atomic mass is 10.2. The van der Waals surface area contributed by atoms with E-state index >= 15 is 0 Å². The van der Waals surface area contributed by atoms with E-state index in [2.05, 4.69) is 0 Å². The molecule has 0 unspecified atom stereocenters. The highest BCUT2D eigenvalue weighted by Gasteiger charge is 2.25. The number of carboxylic acids is 1. The van der Waals surface area contributed by atoms with Gasteiger partial charge in [0.2, 0.25) is 10.0 Å². The Balaban J connectivity index is 3.27. The van der Waals surface area contributed by atoms with Gasteiger partial charge in [-0.05, 0) is 46.7 Å². The van der Waals surface area contributed by atoms with E-state index in [0.717, 1.165) is 0 Å². The molecule has 0 saturated carbocycles. The summed E-state index contributed by atoms with van der Waals surface area (Å²) in [7, 11) is -3.65. The topological polar surface area (TPSA) is 74.7 Å². The van der Waals surface area contributed by atoms with Gasteiger partial charge < -0.3 is 5.11 Å². The minimum atomic E-state index is -3.65. The van der Waals surface area contributed by atoms with E-state index in [0.29, 0.717) is 16.7 Å². The molecular weight excluding hydrogens is 393 g/mol. The Kier molecular flexibility index (Phi) is 5.96. The lowest BCUT2D eigenvalue weighted by Gasteiger charge is -2.22. The number of benzene rings is 1. The molecule has 112 valence electrons. The Bertz CT molecular complexity index is 598. The van der Waals surface area contributed by atoms with Gasteiger partial charge in [-0.1, -0.05) is 20.8 Å². The fourth-order valence-corrected chi connectivity index (χ4v) is 3.99. The van der Waals surface area contributed by atoms with E-state index in [1.54, 1.807) is 6.92 Å². The van der Waals surface area contributed by atoms with Crippen molar-refractivity contribution < 1.29 is 18.3 Å². The average Bonchev–Trinajstić information content (AvgIpc) is 2.35. The number of halogens is 1. The summed E-state index contributed by atoms with van der Waals surface area (Å²) in [6.07, 6.45) is 0. The molecular formula is C13H18INO4S. The number of carbonyl (C=O) groups is 1. The van der Waals surface area contributed by atoms with Gasteiger partial charge in [0, 0.05) is 16.7 Å². The van der Waals surface area contributed by atoms with Gasteiger partial charge >= 0.3 is 5.97 Å². The zero-order chi connectivity index (χ0) is 15.5. The molecule has 0 aromatic heterocycles. The number of hydrogen-bond donors (Lipinski definition) is 1. The molecule has 0 heterocycles. The first-order valence-electron chi connectivity index (χ1n) is 6.23. The van der Waals surface area contributed by atoms with Crippen molar-refractivity contribution in [2.45, 2.75) is 25.7 Å². The number of hydrogen-bond acceptors (Lipinski definition) is 3. The predicted molar refractivity (Wildman–Crippen MR) is 85.4 cm³/mol. The first-order chi connectivity index (χ1) is 9.20. The second kappa shape index (κ2) is 6.86. The Labute approximate surface area is 133 Å². The van der Waals surface area contributed by atoms with Gasteiger partial charge in [-0.25, -0.2) is 13.2 Å². The number of rotatable bonds is 6. The third-order valence-electron chi connectivity index (χ3n) is 2.73. The molecule has 0 amide bonds. The van der Waals surface area contributed by atoms with Gasteiger partial charge in [0.05, 0.1) is 10.5 Å². The molecule has 0 atom stereocenters. The smallest absolute Gasteiger partial charge is 0.336 e. The first kappa shape index (κ1) is 17.4. The summed E-state index contributed by atoms with van der Waals surface area (Å²) in [4.78, 5) is 11.1. The summed E-state index contributed by atoms with van der Waals surface area (Å²) in [5, 5.41) is 9.08. The van der Waals surface area contributed by atoms with Crippen LogP contribution in [-0.2, 0) is 10.0 Å². The van der Waals surface area contributed by atoms with Crippen LogP contribution in [0.25, 0.3) is 0 Å². The van der Waals surface area contributed by atoms with Gasteiger partial charge in [0.15, 0.2) is 0 Å². The molecule has 0 saturated heterocycles. The van der Waals surface area contributed by atoms with Crippen molar-refractivity contribution in [2.75, 3.05) is 13.1 Å². The van der Waals surface area contributed by atoms with E-state index in [4.69, 9.17) is 5.11 Å². The SMILES string of the molecule is CCN(CC(C)C)S(=O)(=O)c1ccc(I)c(C(=O)O)c1. The highest BCUT2D eigenvalue weighted by atomic mass is 127. The lowest BCUT2D eigenvalue weighted by Crippen LogP contribution is -2.34. The van der Waals surface area contributed by atoms with Crippen LogP contribution < -0.4 is 0 Å². The molecule has 0 bridgehead atoms. The summed E-state index contributed by atoms with van der Waals surface area (Å²) < 4.78 is 26.9. The van der Waals surface area contributed by atoms with Crippen LogP contribution in [0.1, 0.15) is 31.1 Å². The van der Waals surface area contributed by atoms with E-state index < -0.39 is 16.0 Å². The van der Waals surface area contributed by atoms with E-state index in [1.807, 2.05) is 36.4 Å². The molecule has 7 heteroatoms. The lowest BCUT2D eigenvalue weighted by molar-refractivity contribution is 0.0695. The van der Waals surface area contributed by atoms with Crippen LogP contribution in [0.15, 0.2) is 23.1 Å². The van der Waals surface area contributed by atoms with Gasteiger partial charge in [0.1, 0.15) is 0 Å². The molecule has 1 aromatic rings. The van der Waals surface area contributed by atoms with E-state index in [9.17, 15) is 13.2 Å². The van der Waals surface area contributed by atoms with Crippen LogP contribution in [-0.4, -0.2) is 36.9 Å². The predicted octanol–water partition coefficient (Wildman–Crippen LogP) is 2.66. The Morgan fingerprint density at radius 1 is 1.40 bits per heavy atom. The minimum absolute atomic E-state index is 0.00674. The van der Waals surface area contributed by atoms with Crippen molar-refractivity contribution >= 4 is 38.6 Å². The Hall–Kier alpha value is -0.670. The Morgan fingerprint density at radius 3 is 2.45 bits per heavy atom. The number of nitrogens with zero attached hydrogens (tertiary/aromatic N) is 1. The fraction of sp³-hybridized carbons (Fsp3) is 0.462. The van der Waals surface area contributed by atoms with E-state index in [1.165, 1.54) is 22.5 Å². The minimum Gasteiger partial charge on any atom is -0.478 e. The third-order valence-corrected chi connectivity index (χ3v) is 5.60. The quantitative estimate of drug-likeness (QED) is 0.731. The van der Waals surface area contributed by atoms with Gasteiger partial charge in [0.25, 0.3) is 0 Å². The van der Waals surface area contributed by atoms with Crippen molar-refractivity contribution in [1.82, 2.24) is 4.31 Å². The van der Waals surface area contributed by atoms with Crippen LogP contribution in [0, 0.1) is 9.49 Å². The third kappa shape index (κ3) is 3.92. The molecule has 1 aromatic carbocycles. The first-order valence-corrected chi connectivity index (χ1v) is 8.75. The Morgan fingerprint density at radius 2 is 2.00 bits per heavy atom. The van der Waals surface area contributed by atoms with Crippen LogP contribution in [0.4, 0.5) is 0 Å². The zero-order valence-corrected chi connectivity index (χ0v) is 14.6. The van der Waals surface area contributed by atoms with Crippen LogP contribution >= 0.6 is 22.6 Å². The molecule has 1 rings (SSSR count). The highest BCUT2D eigenvalue weighted by Crippen LogP contribution is 2.21. The summed E-state index contributed by atoms with van der Waals surface area (Å²) >= 11 is 1.88. The van der Waals surface area contributed by atoms with Crippen LogP contribution in [0.3, 0.4) is 0 Å². The molecule has 20 heavy (non-hydrogen) atoms. The molecule has 1 N–H and O–H groups in total. The van der Waals surface area contributed by atoms with Crippen molar-refractivity contribution in [1.29, 1.82) is 0 Å². The maximum Gasteiger partial charge on any atom is 0.336 e.